The molecule has 0 bridgehead atoms. The fourth-order valence-electron chi connectivity index (χ4n) is 2.17. The molecule has 0 unspecified atom stereocenters. The molecule has 1 saturated heterocycles. The number of hydrogen-bond donors (Lipinski definition) is 1. The van der Waals surface area contributed by atoms with E-state index in [4.69, 9.17) is 4.74 Å². The monoisotopic (exact) mass is 328 g/mol. The van der Waals surface area contributed by atoms with E-state index < -0.39 is 0 Å². The third-order valence-electron chi connectivity index (χ3n) is 3.37. The summed E-state index contributed by atoms with van der Waals surface area (Å²) < 4.78 is 7.66. The molecule has 2 rings (SSSR count). The summed E-state index contributed by atoms with van der Waals surface area (Å²) in [5.74, 6) is -0.337. The predicted molar refractivity (Wildman–Crippen MR) is 76.2 cm³/mol. The average Bonchev–Trinajstić information content (AvgIpc) is 2.80. The number of pyridine rings is 1. The Morgan fingerprint density at radius 3 is 2.89 bits per heavy atom. The smallest absolute Gasteiger partial charge is 0.230 e. The zero-order chi connectivity index (χ0) is 14.0. The number of carbonyl (C=O) groups excluding carboxylic acids is 1. The second-order valence-corrected chi connectivity index (χ2v) is 5.49. The minimum atomic E-state index is -0.204. The molecule has 5 nitrogen and oxygen atoms in total. The Morgan fingerprint density at radius 1 is 1.58 bits per heavy atom. The summed E-state index contributed by atoms with van der Waals surface area (Å²) in [6.07, 6.45) is 3.97. The van der Waals surface area contributed by atoms with Crippen LogP contribution in [0, 0.1) is 5.92 Å². The first-order valence-corrected chi connectivity index (χ1v) is 7.14. The van der Waals surface area contributed by atoms with Gasteiger partial charge in [-0.3, -0.25) is 9.59 Å². The van der Waals surface area contributed by atoms with Crippen LogP contribution in [0.15, 0.2) is 21.7 Å². The molecule has 0 radical (unpaired) electrons. The summed E-state index contributed by atoms with van der Waals surface area (Å²) in [7, 11) is 0. The van der Waals surface area contributed by atoms with E-state index in [1.807, 2.05) is 18.4 Å². The zero-order valence-electron chi connectivity index (χ0n) is 11.0. The van der Waals surface area contributed by atoms with Crippen LogP contribution < -0.4 is 10.7 Å². The summed E-state index contributed by atoms with van der Waals surface area (Å²) in [5, 5.41) is 2.72. The highest BCUT2D eigenvalue weighted by Gasteiger charge is 2.31. The van der Waals surface area contributed by atoms with Crippen molar-refractivity contribution >= 4 is 27.5 Å². The van der Waals surface area contributed by atoms with Crippen molar-refractivity contribution in [3.8, 4) is 0 Å². The molecule has 0 aromatic carbocycles. The van der Waals surface area contributed by atoms with Crippen LogP contribution in [-0.2, 0) is 16.1 Å². The van der Waals surface area contributed by atoms with Crippen molar-refractivity contribution in [2.45, 2.75) is 32.9 Å². The Morgan fingerprint density at radius 2 is 2.32 bits per heavy atom. The van der Waals surface area contributed by atoms with Gasteiger partial charge in [-0.15, -0.1) is 0 Å². The summed E-state index contributed by atoms with van der Waals surface area (Å²) >= 11 is 3.21. The molecule has 1 aliphatic rings. The minimum Gasteiger partial charge on any atom is -0.378 e. The maximum absolute atomic E-state index is 12.1. The highest BCUT2D eigenvalue weighted by atomic mass is 79.9. The van der Waals surface area contributed by atoms with Crippen LogP contribution in [0.3, 0.4) is 0 Å². The highest BCUT2D eigenvalue weighted by molar-refractivity contribution is 9.10. The molecule has 0 saturated carbocycles. The molecule has 1 fully saturated rings. The van der Waals surface area contributed by atoms with Gasteiger partial charge < -0.3 is 14.6 Å². The number of halogens is 1. The molecule has 1 N–H and O–H groups in total. The number of aryl methyl sites for hydroxylation is 1. The van der Waals surface area contributed by atoms with Gasteiger partial charge in [0.05, 0.1) is 16.5 Å². The first-order chi connectivity index (χ1) is 9.02. The van der Waals surface area contributed by atoms with Crippen molar-refractivity contribution < 1.29 is 9.53 Å². The van der Waals surface area contributed by atoms with E-state index in [-0.39, 0.29) is 23.4 Å². The number of aromatic nitrogens is 1. The van der Waals surface area contributed by atoms with Crippen molar-refractivity contribution in [1.29, 1.82) is 0 Å². The third kappa shape index (κ3) is 3.06. The van der Waals surface area contributed by atoms with Gasteiger partial charge in [0.2, 0.25) is 11.3 Å². The van der Waals surface area contributed by atoms with Crippen LogP contribution in [0.2, 0.25) is 0 Å². The fraction of sp³-hybridized carbons (Fsp3) is 0.538. The Kier molecular flexibility index (Phi) is 4.42. The SMILES string of the molecule is CCn1cc(Br)c(=O)c(NC(=O)[C@H]2CCO[C@@H]2C)c1. The topological polar surface area (TPSA) is 60.3 Å². The maximum Gasteiger partial charge on any atom is 0.230 e. The summed E-state index contributed by atoms with van der Waals surface area (Å²) in [5.41, 5.74) is 0.102. The standard InChI is InChI=1S/C13H17BrN2O3/c1-3-16-6-10(14)12(17)11(7-16)15-13(18)9-4-5-19-8(9)2/h6-9H,3-5H2,1-2H3,(H,15,18)/t8-,9+/m1/s1. The van der Waals surface area contributed by atoms with E-state index >= 15 is 0 Å². The number of nitrogens with one attached hydrogen (secondary N) is 1. The maximum atomic E-state index is 12.1. The highest BCUT2D eigenvalue weighted by Crippen LogP contribution is 2.22. The second kappa shape index (κ2) is 5.88. The van der Waals surface area contributed by atoms with Crippen LogP contribution in [0.25, 0.3) is 0 Å². The number of carbonyl (C=O) groups is 1. The number of amides is 1. The van der Waals surface area contributed by atoms with Crippen molar-refractivity contribution in [2.75, 3.05) is 11.9 Å². The molecule has 1 aromatic rings. The lowest BCUT2D eigenvalue weighted by molar-refractivity contribution is -0.121. The van der Waals surface area contributed by atoms with Crippen LogP contribution in [0.5, 0.6) is 0 Å². The average molecular weight is 329 g/mol. The largest absolute Gasteiger partial charge is 0.378 e. The van der Waals surface area contributed by atoms with E-state index in [0.717, 1.165) is 6.54 Å². The predicted octanol–water partition coefficient (Wildman–Crippen LogP) is 1.99. The molecular weight excluding hydrogens is 312 g/mol. The summed E-state index contributed by atoms with van der Waals surface area (Å²) in [6.45, 7) is 5.17. The quantitative estimate of drug-likeness (QED) is 0.923. The van der Waals surface area contributed by atoms with Crippen molar-refractivity contribution in [3.63, 3.8) is 0 Å². The molecule has 2 heterocycles. The number of hydrogen-bond acceptors (Lipinski definition) is 3. The molecule has 6 heteroatoms. The first kappa shape index (κ1) is 14.3. The van der Waals surface area contributed by atoms with Gasteiger partial charge in [-0.2, -0.15) is 0 Å². The molecule has 2 atom stereocenters. The van der Waals surface area contributed by atoms with Gasteiger partial charge in [0.15, 0.2) is 0 Å². The van der Waals surface area contributed by atoms with E-state index in [1.54, 1.807) is 12.4 Å². The molecular formula is C13H17BrN2O3. The molecule has 19 heavy (non-hydrogen) atoms. The lowest BCUT2D eigenvalue weighted by Crippen LogP contribution is -2.30. The van der Waals surface area contributed by atoms with Crippen molar-refractivity contribution in [2.24, 2.45) is 5.92 Å². The Hall–Kier alpha value is -1.14. The lowest BCUT2D eigenvalue weighted by Gasteiger charge is -2.14. The number of ether oxygens (including phenoxy) is 1. The molecule has 1 amide bonds. The number of rotatable bonds is 3. The van der Waals surface area contributed by atoms with Crippen LogP contribution in [-0.4, -0.2) is 23.2 Å². The number of anilines is 1. The van der Waals surface area contributed by atoms with Gasteiger partial charge in [0.25, 0.3) is 0 Å². The second-order valence-electron chi connectivity index (χ2n) is 4.64. The van der Waals surface area contributed by atoms with Crippen molar-refractivity contribution in [3.05, 3.63) is 27.1 Å². The Balaban J connectivity index is 2.21. The Labute approximate surface area is 120 Å². The zero-order valence-corrected chi connectivity index (χ0v) is 12.6. The fourth-order valence-corrected chi connectivity index (χ4v) is 2.64. The molecule has 0 aliphatic carbocycles. The van der Waals surface area contributed by atoms with Gasteiger partial charge in [-0.1, -0.05) is 0 Å². The van der Waals surface area contributed by atoms with E-state index in [9.17, 15) is 9.59 Å². The van der Waals surface area contributed by atoms with E-state index in [2.05, 4.69) is 21.2 Å². The van der Waals surface area contributed by atoms with Gasteiger partial charge in [-0.25, -0.2) is 0 Å². The molecule has 104 valence electrons. The Bertz CT molecular complexity index is 541. The van der Waals surface area contributed by atoms with Crippen molar-refractivity contribution in [1.82, 2.24) is 4.57 Å². The van der Waals surface area contributed by atoms with Gasteiger partial charge in [0.1, 0.15) is 5.69 Å². The van der Waals surface area contributed by atoms with Gasteiger partial charge >= 0.3 is 0 Å². The minimum absolute atomic E-state index is 0.0967. The van der Waals surface area contributed by atoms with Gasteiger partial charge in [0, 0.05) is 25.5 Å². The lowest BCUT2D eigenvalue weighted by atomic mass is 10.0. The van der Waals surface area contributed by atoms with E-state index in [0.29, 0.717) is 23.2 Å². The normalized spacial score (nSPS) is 22.5. The molecule has 0 spiro atoms. The van der Waals surface area contributed by atoms with Crippen LogP contribution in [0.4, 0.5) is 5.69 Å². The molecule has 1 aliphatic heterocycles. The van der Waals surface area contributed by atoms with Crippen LogP contribution in [0.1, 0.15) is 20.3 Å². The summed E-state index contributed by atoms with van der Waals surface area (Å²) in [6, 6.07) is 0. The summed E-state index contributed by atoms with van der Waals surface area (Å²) in [4.78, 5) is 24.1. The molecule has 1 aromatic heterocycles. The van der Waals surface area contributed by atoms with Crippen LogP contribution >= 0.6 is 15.9 Å². The number of nitrogens with zero attached hydrogens (tertiary/aromatic N) is 1. The third-order valence-corrected chi connectivity index (χ3v) is 3.94. The first-order valence-electron chi connectivity index (χ1n) is 6.35. The van der Waals surface area contributed by atoms with Gasteiger partial charge in [-0.05, 0) is 36.2 Å². The van der Waals surface area contributed by atoms with E-state index in [1.165, 1.54) is 0 Å².